The van der Waals surface area contributed by atoms with E-state index in [0.717, 1.165) is 15.7 Å². The van der Waals surface area contributed by atoms with Crippen molar-refractivity contribution < 1.29 is 4.79 Å². The number of amides is 1. The van der Waals surface area contributed by atoms with Gasteiger partial charge in [0.05, 0.1) is 11.7 Å². The van der Waals surface area contributed by atoms with Gasteiger partial charge in [-0.1, -0.05) is 18.2 Å². The highest BCUT2D eigenvalue weighted by atomic mass is 79.9. The number of hydrogen-bond acceptors (Lipinski definition) is 2. The molecule has 0 aromatic heterocycles. The maximum absolute atomic E-state index is 11.7. The van der Waals surface area contributed by atoms with E-state index in [2.05, 4.69) is 27.8 Å². The highest BCUT2D eigenvalue weighted by Crippen LogP contribution is 2.25. The standard InChI is InChI=1S/C12H15BrN2O/c1-3-5-9(14)12(16)15-10-7-4-6-8(2)11(10)13/h3-4,6-7,9H,1,5,14H2,2H3,(H,15,16). The highest BCUT2D eigenvalue weighted by molar-refractivity contribution is 9.10. The number of carbonyl (C=O) groups is 1. The van der Waals surface area contributed by atoms with E-state index in [4.69, 9.17) is 5.73 Å². The van der Waals surface area contributed by atoms with Gasteiger partial charge in [-0.2, -0.15) is 0 Å². The van der Waals surface area contributed by atoms with Crippen LogP contribution in [-0.2, 0) is 4.79 Å². The van der Waals surface area contributed by atoms with Crippen LogP contribution >= 0.6 is 15.9 Å². The van der Waals surface area contributed by atoms with Gasteiger partial charge in [-0.25, -0.2) is 0 Å². The fourth-order valence-corrected chi connectivity index (χ4v) is 1.62. The third kappa shape index (κ3) is 3.18. The molecule has 3 nitrogen and oxygen atoms in total. The third-order valence-corrected chi connectivity index (χ3v) is 3.26. The molecule has 1 atom stereocenters. The summed E-state index contributed by atoms with van der Waals surface area (Å²) < 4.78 is 0.883. The first-order valence-corrected chi connectivity index (χ1v) is 5.78. The molecule has 0 aliphatic carbocycles. The molecule has 0 fully saturated rings. The summed E-state index contributed by atoms with van der Waals surface area (Å²) in [4.78, 5) is 11.7. The highest BCUT2D eigenvalue weighted by Gasteiger charge is 2.13. The summed E-state index contributed by atoms with van der Waals surface area (Å²) in [5, 5.41) is 2.78. The minimum atomic E-state index is -0.551. The zero-order chi connectivity index (χ0) is 12.1. The lowest BCUT2D eigenvalue weighted by molar-refractivity contribution is -0.117. The van der Waals surface area contributed by atoms with Crippen LogP contribution in [0.25, 0.3) is 0 Å². The van der Waals surface area contributed by atoms with Crippen LogP contribution in [0.1, 0.15) is 12.0 Å². The Kier molecular flexibility index (Phi) is 4.71. The van der Waals surface area contributed by atoms with Gasteiger partial charge in [-0.3, -0.25) is 4.79 Å². The predicted molar refractivity (Wildman–Crippen MR) is 70.3 cm³/mol. The van der Waals surface area contributed by atoms with E-state index in [1.807, 2.05) is 25.1 Å². The molecule has 3 N–H and O–H groups in total. The van der Waals surface area contributed by atoms with Crippen LogP contribution in [0.5, 0.6) is 0 Å². The predicted octanol–water partition coefficient (Wildman–Crippen LogP) is 2.60. The maximum atomic E-state index is 11.7. The van der Waals surface area contributed by atoms with Gasteiger partial charge in [-0.15, -0.1) is 6.58 Å². The molecule has 0 bridgehead atoms. The summed E-state index contributed by atoms with van der Waals surface area (Å²) >= 11 is 3.42. The second-order valence-corrected chi connectivity index (χ2v) is 4.35. The fourth-order valence-electron chi connectivity index (χ4n) is 1.26. The van der Waals surface area contributed by atoms with Gasteiger partial charge in [0, 0.05) is 4.47 Å². The van der Waals surface area contributed by atoms with Crippen molar-refractivity contribution >= 4 is 27.5 Å². The first-order chi connectivity index (χ1) is 7.56. The van der Waals surface area contributed by atoms with Crippen molar-refractivity contribution in [1.29, 1.82) is 0 Å². The normalized spacial score (nSPS) is 11.9. The number of hydrogen-bond donors (Lipinski definition) is 2. The second kappa shape index (κ2) is 5.82. The number of rotatable bonds is 4. The van der Waals surface area contributed by atoms with E-state index in [9.17, 15) is 4.79 Å². The molecule has 0 saturated carbocycles. The van der Waals surface area contributed by atoms with Gasteiger partial charge < -0.3 is 11.1 Å². The monoisotopic (exact) mass is 282 g/mol. The second-order valence-electron chi connectivity index (χ2n) is 3.56. The van der Waals surface area contributed by atoms with E-state index >= 15 is 0 Å². The summed E-state index contributed by atoms with van der Waals surface area (Å²) in [7, 11) is 0. The molecule has 86 valence electrons. The average molecular weight is 283 g/mol. The van der Waals surface area contributed by atoms with Gasteiger partial charge in [0.1, 0.15) is 0 Å². The van der Waals surface area contributed by atoms with E-state index in [-0.39, 0.29) is 5.91 Å². The molecule has 0 saturated heterocycles. The minimum absolute atomic E-state index is 0.203. The van der Waals surface area contributed by atoms with Crippen molar-refractivity contribution in [2.45, 2.75) is 19.4 Å². The lowest BCUT2D eigenvalue weighted by atomic mass is 10.2. The molecule has 0 spiro atoms. The lowest BCUT2D eigenvalue weighted by Gasteiger charge is -2.12. The summed E-state index contributed by atoms with van der Waals surface area (Å²) in [6.07, 6.45) is 2.10. The van der Waals surface area contributed by atoms with E-state index in [0.29, 0.717) is 6.42 Å². The van der Waals surface area contributed by atoms with Gasteiger partial charge in [-0.05, 0) is 40.9 Å². The Hall–Kier alpha value is -1.13. The Labute approximate surface area is 104 Å². The molecule has 0 aliphatic heterocycles. The molecule has 1 amide bonds. The maximum Gasteiger partial charge on any atom is 0.241 e. The average Bonchev–Trinajstić information content (AvgIpc) is 2.25. The molecule has 0 heterocycles. The van der Waals surface area contributed by atoms with Crippen LogP contribution in [0.3, 0.4) is 0 Å². The Morgan fingerprint density at radius 2 is 2.38 bits per heavy atom. The first kappa shape index (κ1) is 12.9. The molecule has 1 aromatic rings. The number of aryl methyl sites for hydroxylation is 1. The summed E-state index contributed by atoms with van der Waals surface area (Å²) in [5.41, 5.74) is 7.47. The van der Waals surface area contributed by atoms with Crippen molar-refractivity contribution in [2.24, 2.45) is 5.73 Å². The Balaban J connectivity index is 2.77. The van der Waals surface area contributed by atoms with Gasteiger partial charge in [0.25, 0.3) is 0 Å². The molecule has 1 rings (SSSR count). The number of nitrogens with one attached hydrogen (secondary N) is 1. The molecule has 1 unspecified atom stereocenters. The fraction of sp³-hybridized carbons (Fsp3) is 0.250. The van der Waals surface area contributed by atoms with E-state index < -0.39 is 6.04 Å². The Morgan fingerprint density at radius 3 is 3.00 bits per heavy atom. The molecule has 16 heavy (non-hydrogen) atoms. The minimum Gasteiger partial charge on any atom is -0.324 e. The topological polar surface area (TPSA) is 55.1 Å². The number of nitrogens with two attached hydrogens (primary N) is 1. The summed E-state index contributed by atoms with van der Waals surface area (Å²) in [5.74, 6) is -0.203. The van der Waals surface area contributed by atoms with Crippen molar-refractivity contribution in [1.82, 2.24) is 0 Å². The van der Waals surface area contributed by atoms with Gasteiger partial charge in [0.15, 0.2) is 0 Å². The van der Waals surface area contributed by atoms with Crippen LogP contribution in [0.2, 0.25) is 0 Å². The third-order valence-electron chi connectivity index (χ3n) is 2.21. The number of carbonyl (C=O) groups excluding carboxylic acids is 1. The largest absolute Gasteiger partial charge is 0.324 e. The number of halogens is 1. The lowest BCUT2D eigenvalue weighted by Crippen LogP contribution is -2.35. The van der Waals surface area contributed by atoms with Crippen LogP contribution < -0.4 is 11.1 Å². The van der Waals surface area contributed by atoms with Crippen LogP contribution in [0, 0.1) is 6.92 Å². The van der Waals surface area contributed by atoms with Gasteiger partial charge >= 0.3 is 0 Å². The molecule has 4 heteroatoms. The van der Waals surface area contributed by atoms with Crippen molar-refractivity contribution in [3.63, 3.8) is 0 Å². The SMILES string of the molecule is C=CCC(N)C(=O)Nc1cccc(C)c1Br. The van der Waals surface area contributed by atoms with Crippen LogP contribution in [-0.4, -0.2) is 11.9 Å². The molecule has 1 aromatic carbocycles. The summed E-state index contributed by atoms with van der Waals surface area (Å²) in [6, 6.07) is 5.12. The summed E-state index contributed by atoms with van der Waals surface area (Å²) in [6.45, 7) is 5.51. The number of anilines is 1. The van der Waals surface area contributed by atoms with Crippen molar-refractivity contribution in [3.8, 4) is 0 Å². The first-order valence-electron chi connectivity index (χ1n) is 4.98. The van der Waals surface area contributed by atoms with Crippen molar-refractivity contribution in [2.75, 3.05) is 5.32 Å². The Bertz CT molecular complexity index is 404. The molecular formula is C12H15BrN2O. The molecule has 0 radical (unpaired) electrons. The van der Waals surface area contributed by atoms with Crippen molar-refractivity contribution in [3.05, 3.63) is 40.9 Å². The molecule has 0 aliphatic rings. The molecular weight excluding hydrogens is 268 g/mol. The van der Waals surface area contributed by atoms with E-state index in [1.165, 1.54) is 0 Å². The Morgan fingerprint density at radius 1 is 1.69 bits per heavy atom. The zero-order valence-electron chi connectivity index (χ0n) is 9.16. The van der Waals surface area contributed by atoms with Gasteiger partial charge in [0.2, 0.25) is 5.91 Å². The van der Waals surface area contributed by atoms with E-state index in [1.54, 1.807) is 6.08 Å². The smallest absolute Gasteiger partial charge is 0.241 e. The van der Waals surface area contributed by atoms with Crippen LogP contribution in [0.4, 0.5) is 5.69 Å². The number of benzene rings is 1. The quantitative estimate of drug-likeness (QED) is 0.834. The zero-order valence-corrected chi connectivity index (χ0v) is 10.8. The van der Waals surface area contributed by atoms with Crippen LogP contribution in [0.15, 0.2) is 35.3 Å².